The summed E-state index contributed by atoms with van der Waals surface area (Å²) in [7, 11) is 0. The summed E-state index contributed by atoms with van der Waals surface area (Å²) in [4.78, 5) is 15.5. The second-order valence-corrected chi connectivity index (χ2v) is 3.53. The van der Waals surface area contributed by atoms with Crippen LogP contribution in [0, 0.1) is 0 Å². The van der Waals surface area contributed by atoms with Gasteiger partial charge >= 0.3 is 0 Å². The minimum atomic E-state index is 0.508. The maximum absolute atomic E-state index is 11.1. The Labute approximate surface area is 92.4 Å². The van der Waals surface area contributed by atoms with Crippen molar-refractivity contribution in [1.82, 2.24) is 4.57 Å². The Morgan fingerprint density at radius 2 is 2.00 bits per heavy atom. The molecule has 1 aromatic heterocycles. The van der Waals surface area contributed by atoms with Crippen LogP contribution in [0.3, 0.4) is 0 Å². The van der Waals surface area contributed by atoms with Gasteiger partial charge in [0.2, 0.25) is 0 Å². The van der Waals surface area contributed by atoms with Crippen LogP contribution in [-0.2, 0) is 4.79 Å². The largest absolute Gasteiger partial charge is 0.306 e. The lowest BCUT2D eigenvalue weighted by Gasteiger charge is -2.06. The fourth-order valence-corrected chi connectivity index (χ4v) is 1.86. The summed E-state index contributed by atoms with van der Waals surface area (Å²) in [5.74, 6) is 1.99. The minimum Gasteiger partial charge on any atom is -0.306 e. The molecule has 0 fully saturated rings. The van der Waals surface area contributed by atoms with Crippen molar-refractivity contribution in [3.05, 3.63) is 53.9 Å². The van der Waals surface area contributed by atoms with Gasteiger partial charge in [-0.1, -0.05) is 12.1 Å². The summed E-state index contributed by atoms with van der Waals surface area (Å²) in [5.41, 5.74) is 3.00. The number of hydrogen-bond acceptors (Lipinski definition) is 2. The van der Waals surface area contributed by atoms with Crippen molar-refractivity contribution in [3.8, 4) is 0 Å². The monoisotopic (exact) mass is 208 g/mol. The highest BCUT2D eigenvalue weighted by atomic mass is 16.1. The van der Waals surface area contributed by atoms with Crippen LogP contribution in [-0.4, -0.2) is 16.7 Å². The van der Waals surface area contributed by atoms with Crippen LogP contribution in [0.5, 0.6) is 0 Å². The van der Waals surface area contributed by atoms with E-state index in [9.17, 15) is 4.79 Å². The van der Waals surface area contributed by atoms with Crippen molar-refractivity contribution in [2.75, 3.05) is 0 Å². The third kappa shape index (κ3) is 1.16. The molecular weight excluding hydrogens is 200 g/mol. The number of aliphatic imine (C=N–C) groups is 1. The highest BCUT2D eigenvalue weighted by molar-refractivity contribution is 5.97. The first kappa shape index (κ1) is 8.89. The smallest absolute Gasteiger partial charge is 0.151 e. The first-order chi connectivity index (χ1) is 7.90. The average Bonchev–Trinajstić information content (AvgIpc) is 2.72. The number of hydrogen-bond donors (Lipinski definition) is 0. The molecule has 3 nitrogen and oxygen atoms in total. The lowest BCUT2D eigenvalue weighted by molar-refractivity contribution is 0.568. The van der Waals surface area contributed by atoms with Crippen molar-refractivity contribution in [2.24, 2.45) is 4.99 Å². The second kappa shape index (κ2) is 3.33. The van der Waals surface area contributed by atoms with Crippen molar-refractivity contribution < 1.29 is 4.79 Å². The van der Waals surface area contributed by atoms with Gasteiger partial charge < -0.3 is 4.57 Å². The van der Waals surface area contributed by atoms with Gasteiger partial charge in [-0.05, 0) is 24.3 Å². The van der Waals surface area contributed by atoms with Crippen molar-refractivity contribution in [2.45, 2.75) is 0 Å². The average molecular weight is 208 g/mol. The predicted octanol–water partition coefficient (Wildman–Crippen LogP) is 2.27. The Morgan fingerprint density at radius 3 is 2.88 bits per heavy atom. The molecule has 1 aromatic carbocycles. The number of para-hydroxylation sites is 1. The molecule has 1 aliphatic rings. The highest BCUT2D eigenvalue weighted by Crippen LogP contribution is 2.29. The maximum Gasteiger partial charge on any atom is 0.151 e. The molecular formula is C13H8N2O. The van der Waals surface area contributed by atoms with Crippen molar-refractivity contribution in [1.29, 1.82) is 0 Å². The molecule has 0 amide bonds. The molecule has 2 aromatic rings. The summed E-state index contributed by atoms with van der Waals surface area (Å²) < 4.78 is 1.79. The molecule has 1 aliphatic heterocycles. The van der Waals surface area contributed by atoms with E-state index in [0.29, 0.717) is 5.70 Å². The SMILES string of the molecule is O=C=C1c2ccccc2N=Cc2cccn21. The van der Waals surface area contributed by atoms with E-state index in [1.54, 1.807) is 10.8 Å². The van der Waals surface area contributed by atoms with E-state index in [2.05, 4.69) is 4.99 Å². The molecule has 16 heavy (non-hydrogen) atoms. The third-order valence-corrected chi connectivity index (χ3v) is 2.61. The minimum absolute atomic E-state index is 0.508. The molecule has 0 saturated heterocycles. The fraction of sp³-hybridized carbons (Fsp3) is 0. The molecule has 2 heterocycles. The molecule has 3 heteroatoms. The first-order valence-electron chi connectivity index (χ1n) is 4.96. The molecule has 0 atom stereocenters. The lowest BCUT2D eigenvalue weighted by Crippen LogP contribution is -2.00. The van der Waals surface area contributed by atoms with E-state index in [1.807, 2.05) is 48.5 Å². The number of nitrogens with zero attached hydrogens (tertiary/aromatic N) is 2. The molecule has 0 unspecified atom stereocenters. The topological polar surface area (TPSA) is 34.4 Å². The Bertz CT molecular complexity index is 631. The molecule has 0 spiro atoms. The van der Waals surface area contributed by atoms with E-state index in [0.717, 1.165) is 16.9 Å². The normalized spacial score (nSPS) is 12.6. The van der Waals surface area contributed by atoms with E-state index in [1.165, 1.54) is 0 Å². The van der Waals surface area contributed by atoms with Crippen LogP contribution < -0.4 is 0 Å². The van der Waals surface area contributed by atoms with E-state index >= 15 is 0 Å². The molecule has 3 rings (SSSR count). The summed E-state index contributed by atoms with van der Waals surface area (Å²) in [6.45, 7) is 0. The van der Waals surface area contributed by atoms with Crippen molar-refractivity contribution in [3.63, 3.8) is 0 Å². The Kier molecular flexibility index (Phi) is 1.85. The van der Waals surface area contributed by atoms with Crippen LogP contribution in [0.4, 0.5) is 5.69 Å². The molecule has 0 N–H and O–H groups in total. The fourth-order valence-electron chi connectivity index (χ4n) is 1.86. The second-order valence-electron chi connectivity index (χ2n) is 3.53. The molecule has 76 valence electrons. The summed E-state index contributed by atoms with van der Waals surface area (Å²) in [6.07, 6.45) is 3.59. The summed E-state index contributed by atoms with van der Waals surface area (Å²) in [6, 6.07) is 11.3. The molecule has 0 aliphatic carbocycles. The highest BCUT2D eigenvalue weighted by Gasteiger charge is 2.14. The number of benzene rings is 1. The first-order valence-corrected chi connectivity index (χ1v) is 4.96. The van der Waals surface area contributed by atoms with E-state index in [-0.39, 0.29) is 0 Å². The van der Waals surface area contributed by atoms with Gasteiger partial charge in [-0.3, -0.25) is 4.99 Å². The van der Waals surface area contributed by atoms with E-state index in [4.69, 9.17) is 0 Å². The van der Waals surface area contributed by atoms with Crippen LogP contribution in [0.2, 0.25) is 0 Å². The van der Waals surface area contributed by atoms with Gasteiger partial charge in [0, 0.05) is 11.8 Å². The molecule has 0 saturated carbocycles. The standard InChI is InChI=1S/C13H8N2O/c16-9-13-11-5-1-2-6-12(11)14-8-10-4-3-7-15(10)13/h1-8H. The van der Waals surface area contributed by atoms with Crippen LogP contribution in [0.15, 0.2) is 47.6 Å². The maximum atomic E-state index is 11.1. The Balaban J connectivity index is 2.38. The number of aromatic nitrogens is 1. The predicted molar refractivity (Wildman–Crippen MR) is 62.6 cm³/mol. The van der Waals surface area contributed by atoms with Gasteiger partial charge in [-0.25, -0.2) is 4.79 Å². The zero-order chi connectivity index (χ0) is 11.0. The van der Waals surface area contributed by atoms with Gasteiger partial charge in [-0.15, -0.1) is 0 Å². The van der Waals surface area contributed by atoms with Gasteiger partial charge in [0.25, 0.3) is 0 Å². The van der Waals surface area contributed by atoms with Gasteiger partial charge in [0.15, 0.2) is 5.94 Å². The van der Waals surface area contributed by atoms with Crippen molar-refractivity contribution >= 4 is 23.5 Å². The number of carbonyl (C=O) groups excluding carboxylic acids is 1. The van der Waals surface area contributed by atoms with Gasteiger partial charge in [0.1, 0.15) is 5.70 Å². The van der Waals surface area contributed by atoms with Crippen LogP contribution in [0.1, 0.15) is 11.3 Å². The zero-order valence-electron chi connectivity index (χ0n) is 8.42. The van der Waals surface area contributed by atoms with Gasteiger partial charge in [-0.2, -0.15) is 0 Å². The number of fused-ring (bicyclic) bond motifs is 2. The molecule has 0 radical (unpaired) electrons. The lowest BCUT2D eigenvalue weighted by atomic mass is 10.1. The van der Waals surface area contributed by atoms with Crippen LogP contribution in [0.25, 0.3) is 5.70 Å². The Morgan fingerprint density at radius 1 is 1.12 bits per heavy atom. The summed E-state index contributed by atoms with van der Waals surface area (Å²) >= 11 is 0. The quantitative estimate of drug-likeness (QED) is 0.522. The van der Waals surface area contributed by atoms with E-state index < -0.39 is 0 Å². The third-order valence-electron chi connectivity index (χ3n) is 2.61. The van der Waals surface area contributed by atoms with Crippen LogP contribution >= 0.6 is 0 Å². The molecule has 0 bridgehead atoms. The zero-order valence-corrected chi connectivity index (χ0v) is 8.42. The van der Waals surface area contributed by atoms with Gasteiger partial charge in [0.05, 0.1) is 17.6 Å². The number of rotatable bonds is 0. The summed E-state index contributed by atoms with van der Waals surface area (Å²) in [5, 5.41) is 0. The Hall–Kier alpha value is -2.38.